The monoisotopic (exact) mass is 525 g/mol. The van der Waals surface area contributed by atoms with E-state index in [0.717, 1.165) is 11.1 Å². The largest absolute Gasteiger partial charge is 0.349 e. The second-order valence-corrected chi connectivity index (χ2v) is 11.6. The number of H-pyrrole nitrogens is 1. The summed E-state index contributed by atoms with van der Waals surface area (Å²) in [7, 11) is -4.04. The standard InChI is InChI=1S/C27H25ClFN3O3S/c1-16-9-17(2)11-21(10-16)36(34,35)26-22-12-19(28)7-8-24(22)31-25(26)27(33)30-20-14-32(15-20)13-18-5-3-4-6-23(18)29/h3-12,20,31H,13-15H2,1-2H3,(H,30,33). The van der Waals surface area contributed by atoms with Gasteiger partial charge in [0.1, 0.15) is 16.4 Å². The molecule has 0 spiro atoms. The number of fused-ring (bicyclic) bond motifs is 1. The van der Waals surface area contributed by atoms with Crippen LogP contribution in [0.1, 0.15) is 27.2 Å². The van der Waals surface area contributed by atoms with Gasteiger partial charge in [-0.2, -0.15) is 0 Å². The van der Waals surface area contributed by atoms with E-state index in [1.165, 1.54) is 6.07 Å². The maximum atomic E-state index is 13.9. The van der Waals surface area contributed by atoms with Gasteiger partial charge in [0, 0.05) is 41.1 Å². The lowest BCUT2D eigenvalue weighted by atomic mass is 10.1. The molecule has 0 atom stereocenters. The lowest BCUT2D eigenvalue weighted by molar-refractivity contribution is 0.0785. The molecular weight excluding hydrogens is 501 g/mol. The summed E-state index contributed by atoms with van der Waals surface area (Å²) in [5.74, 6) is -0.774. The van der Waals surface area contributed by atoms with E-state index < -0.39 is 15.7 Å². The Balaban J connectivity index is 1.43. The Hall–Kier alpha value is -3.20. The molecular formula is C27H25ClFN3O3S. The number of benzene rings is 3. The Kier molecular flexibility index (Phi) is 6.36. The molecule has 1 aromatic heterocycles. The van der Waals surface area contributed by atoms with Gasteiger partial charge in [-0.25, -0.2) is 12.8 Å². The van der Waals surface area contributed by atoms with E-state index >= 15 is 0 Å². The maximum absolute atomic E-state index is 13.9. The molecule has 186 valence electrons. The summed E-state index contributed by atoms with van der Waals surface area (Å²) >= 11 is 6.19. The van der Waals surface area contributed by atoms with Gasteiger partial charge in [0.05, 0.1) is 10.9 Å². The third-order valence-corrected chi connectivity index (χ3v) is 8.41. The minimum absolute atomic E-state index is 0.0287. The van der Waals surface area contributed by atoms with Crippen LogP contribution in [0.15, 0.2) is 70.5 Å². The van der Waals surface area contributed by atoms with Crippen molar-refractivity contribution in [3.8, 4) is 0 Å². The van der Waals surface area contributed by atoms with Crippen LogP contribution >= 0.6 is 11.6 Å². The number of aromatic amines is 1. The van der Waals surface area contributed by atoms with Gasteiger partial charge in [0.15, 0.2) is 0 Å². The van der Waals surface area contributed by atoms with E-state index in [1.54, 1.807) is 48.5 Å². The molecule has 4 aromatic rings. The number of carbonyl (C=O) groups excluding carboxylic acids is 1. The topological polar surface area (TPSA) is 82.3 Å². The fraction of sp³-hybridized carbons (Fsp3) is 0.222. The number of amides is 1. The van der Waals surface area contributed by atoms with Crippen molar-refractivity contribution in [2.75, 3.05) is 13.1 Å². The SMILES string of the molecule is Cc1cc(C)cc(S(=O)(=O)c2c(C(=O)NC3CN(Cc4ccccc4F)C3)[nH]c3ccc(Cl)cc23)c1. The number of hydrogen-bond donors (Lipinski definition) is 2. The van der Waals surface area contributed by atoms with Gasteiger partial charge < -0.3 is 10.3 Å². The van der Waals surface area contributed by atoms with Crippen molar-refractivity contribution < 1.29 is 17.6 Å². The minimum Gasteiger partial charge on any atom is -0.349 e. The number of carbonyl (C=O) groups is 1. The first kappa shape index (κ1) is 24.5. The molecule has 1 amide bonds. The molecule has 5 rings (SSSR count). The number of aromatic nitrogens is 1. The van der Waals surface area contributed by atoms with Crippen molar-refractivity contribution in [2.45, 2.75) is 36.2 Å². The highest BCUT2D eigenvalue weighted by atomic mass is 35.5. The molecule has 0 unspecified atom stereocenters. The van der Waals surface area contributed by atoms with E-state index in [9.17, 15) is 17.6 Å². The third-order valence-electron chi connectivity index (χ3n) is 6.36. The minimum atomic E-state index is -4.04. The van der Waals surface area contributed by atoms with Crippen LogP contribution < -0.4 is 5.32 Å². The van der Waals surface area contributed by atoms with Crippen LogP contribution in [-0.2, 0) is 16.4 Å². The first-order valence-electron chi connectivity index (χ1n) is 11.5. The zero-order chi connectivity index (χ0) is 25.6. The molecule has 6 nitrogen and oxygen atoms in total. The Morgan fingerprint density at radius 3 is 2.47 bits per heavy atom. The molecule has 0 bridgehead atoms. The van der Waals surface area contributed by atoms with Crippen molar-refractivity contribution in [1.29, 1.82) is 0 Å². The highest BCUT2D eigenvalue weighted by Crippen LogP contribution is 2.34. The normalized spacial score (nSPS) is 14.7. The Labute approximate surface area is 214 Å². The van der Waals surface area contributed by atoms with E-state index in [2.05, 4.69) is 10.3 Å². The van der Waals surface area contributed by atoms with Crippen molar-refractivity contribution in [2.24, 2.45) is 0 Å². The van der Waals surface area contributed by atoms with Crippen LogP contribution in [0.3, 0.4) is 0 Å². The predicted octanol–water partition coefficient (Wildman–Crippen LogP) is 5.02. The van der Waals surface area contributed by atoms with E-state index in [4.69, 9.17) is 11.6 Å². The fourth-order valence-corrected chi connectivity index (χ4v) is 6.66. The summed E-state index contributed by atoms with van der Waals surface area (Å²) in [5, 5.41) is 3.65. The Morgan fingerprint density at radius 2 is 1.78 bits per heavy atom. The van der Waals surface area contributed by atoms with E-state index in [0.29, 0.717) is 41.1 Å². The summed E-state index contributed by atoms with van der Waals surface area (Å²) in [6.07, 6.45) is 0. The number of likely N-dealkylation sites (tertiary alicyclic amines) is 1. The van der Waals surface area contributed by atoms with Crippen LogP contribution in [0.2, 0.25) is 5.02 Å². The summed E-state index contributed by atoms with van der Waals surface area (Å²) in [6.45, 7) is 5.16. The van der Waals surface area contributed by atoms with E-state index in [1.807, 2.05) is 24.8 Å². The molecule has 0 saturated carbocycles. The molecule has 1 aliphatic heterocycles. The van der Waals surface area contributed by atoms with Crippen molar-refractivity contribution >= 4 is 38.2 Å². The number of rotatable bonds is 6. The second-order valence-electron chi connectivity index (χ2n) is 9.30. The van der Waals surface area contributed by atoms with Gasteiger partial charge in [-0.05, 0) is 61.4 Å². The molecule has 2 N–H and O–H groups in total. The second kappa shape index (κ2) is 9.35. The Bertz CT molecular complexity index is 1570. The molecule has 1 aliphatic rings. The molecule has 9 heteroatoms. The number of halogens is 2. The fourth-order valence-electron chi connectivity index (χ4n) is 4.70. The van der Waals surface area contributed by atoms with Crippen molar-refractivity contribution in [1.82, 2.24) is 15.2 Å². The number of aryl methyl sites for hydroxylation is 2. The average molecular weight is 526 g/mol. The first-order valence-corrected chi connectivity index (χ1v) is 13.4. The number of sulfone groups is 1. The molecule has 2 heterocycles. The maximum Gasteiger partial charge on any atom is 0.269 e. The molecule has 0 radical (unpaired) electrons. The van der Waals surface area contributed by atoms with Gasteiger partial charge in [0.2, 0.25) is 9.84 Å². The molecule has 1 saturated heterocycles. The first-order chi connectivity index (χ1) is 17.1. The zero-order valence-corrected chi connectivity index (χ0v) is 21.4. The van der Waals surface area contributed by atoms with Crippen LogP contribution in [0.5, 0.6) is 0 Å². The van der Waals surface area contributed by atoms with Gasteiger partial charge in [0.25, 0.3) is 5.91 Å². The third kappa shape index (κ3) is 4.64. The van der Waals surface area contributed by atoms with Crippen molar-refractivity contribution in [3.05, 3.63) is 93.9 Å². The summed E-state index contributed by atoms with van der Waals surface area (Å²) in [6, 6.07) is 16.4. The number of nitrogens with one attached hydrogen (secondary N) is 2. The van der Waals surface area contributed by atoms with Crippen LogP contribution in [-0.4, -0.2) is 43.3 Å². The summed E-state index contributed by atoms with van der Waals surface area (Å²) in [5.41, 5.74) is 2.68. The van der Waals surface area contributed by atoms with Gasteiger partial charge >= 0.3 is 0 Å². The van der Waals surface area contributed by atoms with Crippen molar-refractivity contribution in [3.63, 3.8) is 0 Å². The lowest BCUT2D eigenvalue weighted by Gasteiger charge is -2.39. The zero-order valence-electron chi connectivity index (χ0n) is 19.8. The summed E-state index contributed by atoms with van der Waals surface area (Å²) in [4.78, 5) is 18.4. The lowest BCUT2D eigenvalue weighted by Crippen LogP contribution is -2.58. The van der Waals surface area contributed by atoms with Gasteiger partial charge in [-0.3, -0.25) is 9.69 Å². The van der Waals surface area contributed by atoms with E-state index in [-0.39, 0.29) is 27.3 Å². The smallest absolute Gasteiger partial charge is 0.269 e. The Morgan fingerprint density at radius 1 is 1.08 bits per heavy atom. The predicted molar refractivity (Wildman–Crippen MR) is 138 cm³/mol. The van der Waals surface area contributed by atoms with Crippen LogP contribution in [0, 0.1) is 19.7 Å². The van der Waals surface area contributed by atoms with Crippen LogP contribution in [0.4, 0.5) is 4.39 Å². The van der Waals surface area contributed by atoms with Crippen LogP contribution in [0.25, 0.3) is 10.9 Å². The molecule has 1 fully saturated rings. The molecule has 3 aromatic carbocycles. The number of hydrogen-bond acceptors (Lipinski definition) is 4. The molecule has 36 heavy (non-hydrogen) atoms. The molecule has 0 aliphatic carbocycles. The highest BCUT2D eigenvalue weighted by molar-refractivity contribution is 7.91. The quantitative estimate of drug-likeness (QED) is 0.370. The van der Waals surface area contributed by atoms with Gasteiger partial charge in [-0.15, -0.1) is 0 Å². The highest BCUT2D eigenvalue weighted by Gasteiger charge is 2.33. The van der Waals surface area contributed by atoms with Gasteiger partial charge in [-0.1, -0.05) is 35.9 Å². The average Bonchev–Trinajstić information content (AvgIpc) is 3.17. The summed E-state index contributed by atoms with van der Waals surface area (Å²) < 4.78 is 41.6. The number of nitrogens with zero attached hydrogens (tertiary/aromatic N) is 1.